The third kappa shape index (κ3) is 4.65. The second-order valence-corrected chi connectivity index (χ2v) is 6.72. The van der Waals surface area contributed by atoms with E-state index in [4.69, 9.17) is 4.74 Å². The number of carbonyl (C=O) groups is 2. The van der Waals surface area contributed by atoms with E-state index < -0.39 is 0 Å². The van der Waals surface area contributed by atoms with Gasteiger partial charge < -0.3 is 15.0 Å². The summed E-state index contributed by atoms with van der Waals surface area (Å²) in [5.41, 5.74) is 3.43. The van der Waals surface area contributed by atoms with Crippen molar-refractivity contribution < 1.29 is 19.2 Å². The highest BCUT2D eigenvalue weighted by molar-refractivity contribution is 5.98. The summed E-state index contributed by atoms with van der Waals surface area (Å²) in [6.07, 6.45) is 3.93. The van der Waals surface area contributed by atoms with Gasteiger partial charge in [0.15, 0.2) is 5.78 Å². The molecule has 1 saturated heterocycles. The van der Waals surface area contributed by atoms with E-state index >= 15 is 0 Å². The van der Waals surface area contributed by atoms with Gasteiger partial charge in [-0.15, -0.1) is 0 Å². The van der Waals surface area contributed by atoms with Crippen LogP contribution in [0.4, 0.5) is 0 Å². The predicted molar refractivity (Wildman–Crippen MR) is 91.4 cm³/mol. The minimum atomic E-state index is -0.0304. The molecule has 1 aliphatic carbocycles. The Bertz CT molecular complexity index is 594. The minimum absolute atomic E-state index is 0.0304. The van der Waals surface area contributed by atoms with Gasteiger partial charge in [0.05, 0.1) is 26.3 Å². The van der Waals surface area contributed by atoms with Gasteiger partial charge in [-0.05, 0) is 36.5 Å². The van der Waals surface area contributed by atoms with Crippen LogP contribution in [0, 0.1) is 0 Å². The smallest absolute Gasteiger partial charge is 0.220 e. The van der Waals surface area contributed by atoms with Crippen molar-refractivity contribution in [1.29, 1.82) is 0 Å². The van der Waals surface area contributed by atoms with E-state index in [1.54, 1.807) is 0 Å². The Labute approximate surface area is 143 Å². The zero-order valence-electron chi connectivity index (χ0n) is 14.2. The summed E-state index contributed by atoms with van der Waals surface area (Å²) in [4.78, 5) is 25.7. The number of nitrogens with one attached hydrogen (secondary N) is 2. The fourth-order valence-corrected chi connectivity index (χ4v) is 3.49. The number of carbonyl (C=O) groups excluding carboxylic acids is 2. The summed E-state index contributed by atoms with van der Waals surface area (Å²) in [5.74, 6) is 0.0378. The van der Waals surface area contributed by atoms with Crippen molar-refractivity contribution in [3.63, 3.8) is 0 Å². The highest BCUT2D eigenvalue weighted by atomic mass is 16.5. The van der Waals surface area contributed by atoms with Crippen molar-refractivity contribution in [3.05, 3.63) is 34.9 Å². The first-order valence-corrected chi connectivity index (χ1v) is 9.05. The van der Waals surface area contributed by atoms with Crippen molar-refractivity contribution in [2.45, 2.75) is 32.1 Å². The molecule has 0 aromatic heterocycles. The van der Waals surface area contributed by atoms with Crippen molar-refractivity contribution in [1.82, 2.24) is 5.32 Å². The summed E-state index contributed by atoms with van der Waals surface area (Å²) in [6, 6.07) is 6.00. The van der Waals surface area contributed by atoms with E-state index in [1.165, 1.54) is 22.4 Å². The molecule has 0 radical (unpaired) electrons. The maximum absolute atomic E-state index is 12.3. The normalized spacial score (nSPS) is 17.5. The quantitative estimate of drug-likeness (QED) is 0.700. The Balaban J connectivity index is 1.37. The fourth-order valence-electron chi connectivity index (χ4n) is 3.49. The minimum Gasteiger partial charge on any atom is -0.370 e. The summed E-state index contributed by atoms with van der Waals surface area (Å²) in [6.45, 7) is 5.21. The number of quaternary nitrogens is 1. The zero-order valence-corrected chi connectivity index (χ0v) is 14.2. The number of Topliss-reactive ketones (excluding diaryl/α,β-unsaturated/α-hetero) is 1. The Hall–Kier alpha value is -1.72. The first-order valence-electron chi connectivity index (χ1n) is 9.05. The molecule has 130 valence electrons. The number of benzene rings is 1. The first-order chi connectivity index (χ1) is 11.7. The number of hydrogen-bond donors (Lipinski definition) is 2. The molecule has 1 heterocycles. The molecule has 24 heavy (non-hydrogen) atoms. The maximum Gasteiger partial charge on any atom is 0.220 e. The van der Waals surface area contributed by atoms with Gasteiger partial charge in [-0.2, -0.15) is 0 Å². The second-order valence-electron chi connectivity index (χ2n) is 6.72. The predicted octanol–water partition coefficient (Wildman–Crippen LogP) is 0.170. The fraction of sp³-hybridized carbons (Fsp3) is 0.579. The molecule has 1 aromatic carbocycles. The number of rotatable bonds is 7. The molecule has 1 fully saturated rings. The van der Waals surface area contributed by atoms with Crippen LogP contribution in [0.25, 0.3) is 0 Å². The van der Waals surface area contributed by atoms with E-state index in [0.717, 1.165) is 51.3 Å². The lowest BCUT2D eigenvalue weighted by atomic mass is 10.0. The van der Waals surface area contributed by atoms with Gasteiger partial charge in [-0.3, -0.25) is 9.59 Å². The van der Waals surface area contributed by atoms with E-state index in [0.29, 0.717) is 6.54 Å². The molecule has 2 N–H and O–H groups in total. The topological polar surface area (TPSA) is 59.8 Å². The van der Waals surface area contributed by atoms with Gasteiger partial charge in [0.1, 0.15) is 13.1 Å². The zero-order chi connectivity index (χ0) is 16.8. The molecule has 0 atom stereocenters. The number of ketones is 1. The molecule has 3 rings (SSSR count). The van der Waals surface area contributed by atoms with Crippen LogP contribution in [0.2, 0.25) is 0 Å². The third-order valence-corrected chi connectivity index (χ3v) is 5.00. The summed E-state index contributed by atoms with van der Waals surface area (Å²) in [5, 5.41) is 2.93. The van der Waals surface area contributed by atoms with Crippen LogP contribution in [-0.2, 0) is 22.4 Å². The Morgan fingerprint density at radius 1 is 1.08 bits per heavy atom. The Morgan fingerprint density at radius 3 is 2.71 bits per heavy atom. The number of aryl methyl sites for hydroxylation is 2. The monoisotopic (exact) mass is 331 g/mol. The average Bonchev–Trinajstić information content (AvgIpc) is 3.08. The van der Waals surface area contributed by atoms with Gasteiger partial charge in [0, 0.05) is 18.4 Å². The highest BCUT2D eigenvalue weighted by Gasteiger charge is 2.16. The van der Waals surface area contributed by atoms with Gasteiger partial charge in [0.25, 0.3) is 0 Å². The van der Waals surface area contributed by atoms with Crippen LogP contribution >= 0.6 is 0 Å². The Kier molecular flexibility index (Phi) is 5.99. The van der Waals surface area contributed by atoms with Crippen LogP contribution in [-0.4, -0.2) is 51.1 Å². The molecule has 2 aliphatic rings. The number of morpholine rings is 1. The van der Waals surface area contributed by atoms with Gasteiger partial charge >= 0.3 is 0 Å². The molecule has 5 nitrogen and oxygen atoms in total. The molecule has 5 heteroatoms. The summed E-state index contributed by atoms with van der Waals surface area (Å²) in [7, 11) is 0. The van der Waals surface area contributed by atoms with Gasteiger partial charge in [-0.25, -0.2) is 0 Å². The lowest BCUT2D eigenvalue weighted by Gasteiger charge is -2.23. The average molecular weight is 331 g/mol. The molecular formula is C19H27N2O3+. The number of amides is 1. The van der Waals surface area contributed by atoms with Crippen molar-refractivity contribution in [2.24, 2.45) is 0 Å². The van der Waals surface area contributed by atoms with Crippen LogP contribution < -0.4 is 10.2 Å². The summed E-state index contributed by atoms with van der Waals surface area (Å²) >= 11 is 0. The molecule has 1 amide bonds. The van der Waals surface area contributed by atoms with Crippen molar-refractivity contribution >= 4 is 11.7 Å². The van der Waals surface area contributed by atoms with E-state index in [2.05, 4.69) is 11.4 Å². The molecule has 1 aromatic rings. The van der Waals surface area contributed by atoms with Crippen LogP contribution in [0.1, 0.15) is 40.7 Å². The third-order valence-electron chi connectivity index (χ3n) is 5.00. The van der Waals surface area contributed by atoms with Crippen LogP contribution in [0.15, 0.2) is 18.2 Å². The maximum atomic E-state index is 12.3. The van der Waals surface area contributed by atoms with Crippen molar-refractivity contribution in [3.8, 4) is 0 Å². The number of fused-ring (bicyclic) bond motifs is 1. The second kappa shape index (κ2) is 8.40. The van der Waals surface area contributed by atoms with Crippen LogP contribution in [0.5, 0.6) is 0 Å². The molecule has 0 saturated carbocycles. The lowest BCUT2D eigenvalue weighted by molar-refractivity contribution is -0.906. The number of ether oxygens (including phenoxy) is 1. The van der Waals surface area contributed by atoms with Crippen LogP contribution in [0.3, 0.4) is 0 Å². The van der Waals surface area contributed by atoms with E-state index in [1.807, 2.05) is 12.1 Å². The SMILES string of the molecule is O=C(CCC(=O)c1ccc2c(c1)CCC2)NCC[NH+]1CCOCC1. The highest BCUT2D eigenvalue weighted by Crippen LogP contribution is 2.23. The first kappa shape index (κ1) is 17.1. The van der Waals surface area contributed by atoms with E-state index in [9.17, 15) is 9.59 Å². The molecule has 1 aliphatic heterocycles. The largest absolute Gasteiger partial charge is 0.370 e. The molecular weight excluding hydrogens is 304 g/mol. The molecule has 0 spiro atoms. The lowest BCUT2D eigenvalue weighted by Crippen LogP contribution is -3.14. The Morgan fingerprint density at radius 2 is 1.88 bits per heavy atom. The molecule has 0 bridgehead atoms. The summed E-state index contributed by atoms with van der Waals surface area (Å²) < 4.78 is 5.32. The van der Waals surface area contributed by atoms with Gasteiger partial charge in [0.2, 0.25) is 5.91 Å². The molecule has 0 unspecified atom stereocenters. The number of hydrogen-bond acceptors (Lipinski definition) is 3. The van der Waals surface area contributed by atoms with Gasteiger partial charge in [-0.1, -0.05) is 12.1 Å². The standard InChI is InChI=1S/C19H26N2O3/c22-18(17-5-4-15-2-1-3-16(15)14-17)6-7-19(23)20-8-9-21-10-12-24-13-11-21/h4-5,14H,1-3,6-13H2,(H,20,23)/p+1. The van der Waals surface area contributed by atoms with E-state index in [-0.39, 0.29) is 24.5 Å². The van der Waals surface area contributed by atoms with Crippen molar-refractivity contribution in [2.75, 3.05) is 39.4 Å².